The molecule has 2 aromatic rings. The van der Waals surface area contributed by atoms with E-state index in [4.69, 9.17) is 23.2 Å². The Balaban J connectivity index is 2.32. The van der Waals surface area contributed by atoms with Crippen LogP contribution in [0.25, 0.3) is 0 Å². The Labute approximate surface area is 237 Å². The van der Waals surface area contributed by atoms with Gasteiger partial charge in [0.05, 0.1) is 22.0 Å². The first kappa shape index (κ1) is 30.6. The minimum absolute atomic E-state index is 0.0730. The van der Waals surface area contributed by atoms with Crippen molar-refractivity contribution in [3.8, 4) is 0 Å². The van der Waals surface area contributed by atoms with Gasteiger partial charge in [-0.2, -0.15) is 0 Å². The molecule has 1 aliphatic rings. The number of benzene rings is 2. The molecule has 208 valence electrons. The predicted octanol–water partition coefficient (Wildman–Crippen LogP) is 7.27. The van der Waals surface area contributed by atoms with Crippen LogP contribution >= 0.6 is 23.2 Å². The number of sulfone groups is 1. The van der Waals surface area contributed by atoms with Gasteiger partial charge in [0.1, 0.15) is 5.78 Å². The molecule has 0 unspecified atom stereocenters. The fourth-order valence-corrected chi connectivity index (χ4v) is 7.35. The van der Waals surface area contributed by atoms with Crippen LogP contribution in [0.15, 0.2) is 48.5 Å². The monoisotopic (exact) mass is 579 g/mol. The van der Waals surface area contributed by atoms with Gasteiger partial charge in [0.25, 0.3) is 0 Å². The third-order valence-corrected chi connectivity index (χ3v) is 10.8. The van der Waals surface area contributed by atoms with Crippen LogP contribution in [-0.4, -0.2) is 41.5 Å². The van der Waals surface area contributed by atoms with E-state index in [2.05, 4.69) is 0 Å². The molecule has 0 aliphatic carbocycles. The summed E-state index contributed by atoms with van der Waals surface area (Å²) in [5.74, 6) is -0.851. The SMILES string of the molecule is CC(=O)C[C@@]1(C)C[C@H](c2cccc(Cl)c2)[C@@H](c2ccc(Cl)cc2)N([C@H](CS(=O)(=O)C(C)(C)C)C(C)C)C1=O. The molecule has 1 saturated heterocycles. The summed E-state index contributed by atoms with van der Waals surface area (Å²) in [4.78, 5) is 28.7. The number of amides is 1. The number of rotatable bonds is 8. The highest BCUT2D eigenvalue weighted by Gasteiger charge is 2.53. The van der Waals surface area contributed by atoms with Gasteiger partial charge in [-0.25, -0.2) is 8.42 Å². The fourth-order valence-electron chi connectivity index (χ4n) is 5.53. The summed E-state index contributed by atoms with van der Waals surface area (Å²) in [5, 5.41) is 1.14. The van der Waals surface area contributed by atoms with Gasteiger partial charge in [0.15, 0.2) is 9.84 Å². The van der Waals surface area contributed by atoms with Crippen LogP contribution in [-0.2, 0) is 19.4 Å². The second kappa shape index (κ2) is 11.3. The molecular weight excluding hydrogens is 541 g/mol. The van der Waals surface area contributed by atoms with Crippen molar-refractivity contribution < 1.29 is 18.0 Å². The van der Waals surface area contributed by atoms with E-state index in [0.717, 1.165) is 11.1 Å². The summed E-state index contributed by atoms with van der Waals surface area (Å²) in [6, 6.07) is 13.8. The molecule has 2 aromatic carbocycles. The lowest BCUT2D eigenvalue weighted by molar-refractivity contribution is -0.157. The lowest BCUT2D eigenvalue weighted by atomic mass is 9.66. The second-order valence-electron chi connectivity index (χ2n) is 12.2. The number of halogens is 2. The van der Waals surface area contributed by atoms with Crippen molar-refractivity contribution >= 4 is 44.7 Å². The third-order valence-electron chi connectivity index (χ3n) is 7.68. The molecule has 0 saturated carbocycles. The molecule has 0 aromatic heterocycles. The summed E-state index contributed by atoms with van der Waals surface area (Å²) in [7, 11) is -3.58. The Bertz CT molecular complexity index is 1280. The summed E-state index contributed by atoms with van der Waals surface area (Å²) in [6.07, 6.45) is 0.496. The Morgan fingerprint density at radius 3 is 2.16 bits per heavy atom. The first-order chi connectivity index (χ1) is 17.5. The lowest BCUT2D eigenvalue weighted by Gasteiger charge is -2.53. The molecule has 1 heterocycles. The fraction of sp³-hybridized carbons (Fsp3) is 0.533. The number of carbonyl (C=O) groups excluding carboxylic acids is 2. The molecule has 4 atom stereocenters. The van der Waals surface area contributed by atoms with Crippen LogP contribution in [0.3, 0.4) is 0 Å². The maximum absolute atomic E-state index is 14.5. The molecule has 0 bridgehead atoms. The molecule has 38 heavy (non-hydrogen) atoms. The smallest absolute Gasteiger partial charge is 0.229 e. The van der Waals surface area contributed by atoms with Crippen molar-refractivity contribution in [2.45, 2.75) is 84.1 Å². The van der Waals surface area contributed by atoms with E-state index in [1.807, 2.05) is 51.1 Å². The van der Waals surface area contributed by atoms with Crippen molar-refractivity contribution in [3.63, 3.8) is 0 Å². The van der Waals surface area contributed by atoms with Gasteiger partial charge in [-0.15, -0.1) is 0 Å². The minimum atomic E-state index is -3.58. The van der Waals surface area contributed by atoms with E-state index < -0.39 is 32.1 Å². The number of hydrogen-bond donors (Lipinski definition) is 0. The normalized spacial score (nSPS) is 23.5. The zero-order valence-electron chi connectivity index (χ0n) is 23.3. The van der Waals surface area contributed by atoms with Crippen LogP contribution in [0, 0.1) is 11.3 Å². The summed E-state index contributed by atoms with van der Waals surface area (Å²) in [6.45, 7) is 12.3. The van der Waals surface area contributed by atoms with Crippen molar-refractivity contribution in [3.05, 3.63) is 69.7 Å². The summed E-state index contributed by atoms with van der Waals surface area (Å²) < 4.78 is 26.0. The zero-order valence-corrected chi connectivity index (χ0v) is 25.6. The average Bonchev–Trinajstić information content (AvgIpc) is 2.78. The first-order valence-corrected chi connectivity index (χ1v) is 15.4. The molecule has 0 radical (unpaired) electrons. The van der Waals surface area contributed by atoms with Gasteiger partial charge in [-0.3, -0.25) is 9.59 Å². The molecule has 0 spiro atoms. The predicted molar refractivity (Wildman–Crippen MR) is 155 cm³/mol. The van der Waals surface area contributed by atoms with Crippen LogP contribution in [0.2, 0.25) is 10.0 Å². The van der Waals surface area contributed by atoms with E-state index in [9.17, 15) is 18.0 Å². The second-order valence-corrected chi connectivity index (χ2v) is 15.9. The van der Waals surface area contributed by atoms with Crippen LogP contribution < -0.4 is 0 Å². The number of hydrogen-bond acceptors (Lipinski definition) is 4. The molecule has 0 N–H and O–H groups in total. The maximum atomic E-state index is 14.5. The van der Waals surface area contributed by atoms with E-state index in [1.165, 1.54) is 6.92 Å². The number of piperidine rings is 1. The highest BCUT2D eigenvalue weighted by atomic mass is 35.5. The van der Waals surface area contributed by atoms with E-state index >= 15 is 0 Å². The molecule has 3 rings (SSSR count). The van der Waals surface area contributed by atoms with Crippen molar-refractivity contribution in [2.24, 2.45) is 11.3 Å². The molecule has 5 nitrogen and oxygen atoms in total. The van der Waals surface area contributed by atoms with Crippen LogP contribution in [0.4, 0.5) is 0 Å². The standard InChI is InChI=1S/C30H39Cl2NO4S/c1-19(2)26(18-38(36,37)29(4,5)6)33-27(21-11-13-23(31)14-12-21)25(22-9-8-10-24(32)15-22)17-30(7,28(33)35)16-20(3)34/h8-15,19,25-27H,16-18H2,1-7H3/t25-,26-,27-,30+/m1/s1. The number of likely N-dealkylation sites (tertiary alicyclic amines) is 1. The summed E-state index contributed by atoms with van der Waals surface area (Å²) in [5.41, 5.74) is 0.794. The van der Waals surface area contributed by atoms with E-state index in [1.54, 1.807) is 43.9 Å². The Morgan fingerprint density at radius 1 is 1.05 bits per heavy atom. The van der Waals surface area contributed by atoms with Crippen molar-refractivity contribution in [1.29, 1.82) is 0 Å². The number of ketones is 1. The largest absolute Gasteiger partial charge is 0.330 e. The Morgan fingerprint density at radius 2 is 1.66 bits per heavy atom. The molecule has 1 aliphatic heterocycles. The van der Waals surface area contributed by atoms with Gasteiger partial charge < -0.3 is 4.90 Å². The van der Waals surface area contributed by atoms with Crippen LogP contribution in [0.1, 0.15) is 84.4 Å². The van der Waals surface area contributed by atoms with Crippen molar-refractivity contribution in [2.75, 3.05) is 5.75 Å². The van der Waals surface area contributed by atoms with E-state index in [0.29, 0.717) is 16.5 Å². The van der Waals surface area contributed by atoms with Crippen LogP contribution in [0.5, 0.6) is 0 Å². The highest BCUT2D eigenvalue weighted by molar-refractivity contribution is 7.92. The van der Waals surface area contributed by atoms with Gasteiger partial charge in [0.2, 0.25) is 5.91 Å². The lowest BCUT2D eigenvalue weighted by Crippen LogP contribution is -2.59. The highest BCUT2D eigenvalue weighted by Crippen LogP contribution is 2.52. The van der Waals surface area contributed by atoms with Crippen molar-refractivity contribution in [1.82, 2.24) is 4.90 Å². The Kier molecular flexibility index (Phi) is 9.12. The minimum Gasteiger partial charge on any atom is -0.330 e. The maximum Gasteiger partial charge on any atom is 0.229 e. The van der Waals surface area contributed by atoms with Gasteiger partial charge in [-0.1, -0.05) is 68.2 Å². The van der Waals surface area contributed by atoms with Gasteiger partial charge in [-0.05, 0) is 75.4 Å². The Hall–Kier alpha value is -1.89. The first-order valence-electron chi connectivity index (χ1n) is 13.0. The molecular formula is C30H39Cl2NO4S. The zero-order chi connectivity index (χ0) is 28.6. The topological polar surface area (TPSA) is 71.5 Å². The van der Waals surface area contributed by atoms with Gasteiger partial charge in [0, 0.05) is 28.4 Å². The molecule has 8 heteroatoms. The van der Waals surface area contributed by atoms with E-state index in [-0.39, 0.29) is 35.7 Å². The average molecular weight is 581 g/mol. The van der Waals surface area contributed by atoms with Gasteiger partial charge >= 0.3 is 0 Å². The molecule has 1 fully saturated rings. The summed E-state index contributed by atoms with van der Waals surface area (Å²) >= 11 is 12.6. The number of Topliss-reactive ketones (excluding diaryl/α,β-unsaturated/α-hetero) is 1. The number of carbonyl (C=O) groups is 2. The number of nitrogens with zero attached hydrogens (tertiary/aromatic N) is 1. The quantitative estimate of drug-likeness (QED) is 0.329. The molecule has 1 amide bonds. The third kappa shape index (κ3) is 6.46.